The minimum atomic E-state index is -2.13. The maximum atomic E-state index is 13.0. The molecule has 0 aromatic rings. The number of amides is 3. The third-order valence-corrected chi connectivity index (χ3v) is 6.05. The summed E-state index contributed by atoms with van der Waals surface area (Å²) in [6, 6.07) is -1.83. The summed E-state index contributed by atoms with van der Waals surface area (Å²) in [6.45, 7) is 8.13. The zero-order valence-corrected chi connectivity index (χ0v) is 21.0. The van der Waals surface area contributed by atoms with Crippen molar-refractivity contribution in [2.75, 3.05) is 0 Å². The van der Waals surface area contributed by atoms with Gasteiger partial charge in [-0.15, -0.1) is 0 Å². The Bertz CT molecular complexity index is 759. The van der Waals surface area contributed by atoms with E-state index in [1.807, 2.05) is 13.8 Å². The monoisotopic (exact) mass is 503 g/mol. The van der Waals surface area contributed by atoms with E-state index in [1.165, 1.54) is 6.92 Å². The standard InChI is InChI=1S/C23H41N3O9/c1-10(2)8-11(3)18(30)12(4)23(35)26-17(21(33)22(25)34)15(28)9-14(6-7-16(24)29)20(32)19(31)13(5)27/h10-12,14,17-21,30-33H,6-9H2,1-5H3,(H2,24,29)(H2,25,34)(H,26,35). The second-order valence-electron chi connectivity index (χ2n) is 9.70. The van der Waals surface area contributed by atoms with Gasteiger partial charge in [0.25, 0.3) is 0 Å². The lowest BCUT2D eigenvalue weighted by Crippen LogP contribution is -2.56. The fraction of sp³-hybridized carbons (Fsp3) is 0.783. The summed E-state index contributed by atoms with van der Waals surface area (Å²) in [5.74, 6) is -6.76. The summed E-state index contributed by atoms with van der Waals surface area (Å²) in [5.41, 5.74) is 10.2. The lowest BCUT2D eigenvalue weighted by Gasteiger charge is -2.30. The van der Waals surface area contributed by atoms with Crippen LogP contribution in [0.1, 0.15) is 60.3 Å². The SMILES string of the molecule is CC(=O)C(O)C(O)C(CCC(N)=O)CC(=O)C(NC(=O)C(C)C(O)C(C)CC(C)C)C(O)C(N)=O. The molecule has 0 saturated heterocycles. The predicted molar refractivity (Wildman–Crippen MR) is 125 cm³/mol. The number of rotatable bonds is 17. The molecule has 3 amide bonds. The van der Waals surface area contributed by atoms with Crippen LogP contribution < -0.4 is 16.8 Å². The second kappa shape index (κ2) is 14.9. The Balaban J connectivity index is 5.76. The topological polar surface area (TPSA) is 230 Å². The molecule has 0 aliphatic rings. The van der Waals surface area contributed by atoms with Crippen molar-refractivity contribution in [1.29, 1.82) is 0 Å². The number of primary amides is 2. The van der Waals surface area contributed by atoms with Gasteiger partial charge in [0.2, 0.25) is 17.7 Å². The summed E-state index contributed by atoms with van der Waals surface area (Å²) in [5, 5.41) is 43.3. The van der Waals surface area contributed by atoms with Crippen molar-refractivity contribution < 1.29 is 44.4 Å². The first-order valence-corrected chi connectivity index (χ1v) is 11.6. The van der Waals surface area contributed by atoms with Gasteiger partial charge < -0.3 is 37.2 Å². The van der Waals surface area contributed by atoms with E-state index < -0.39 is 78.0 Å². The van der Waals surface area contributed by atoms with Gasteiger partial charge in [-0.3, -0.25) is 24.0 Å². The maximum Gasteiger partial charge on any atom is 0.248 e. The van der Waals surface area contributed by atoms with Gasteiger partial charge in [0.05, 0.1) is 18.1 Å². The minimum Gasteiger partial charge on any atom is -0.392 e. The smallest absolute Gasteiger partial charge is 0.248 e. The predicted octanol–water partition coefficient (Wildman–Crippen LogP) is -1.85. The van der Waals surface area contributed by atoms with Crippen LogP contribution in [0.4, 0.5) is 0 Å². The Labute approximate surface area is 205 Å². The number of hydrogen-bond donors (Lipinski definition) is 7. The molecular weight excluding hydrogens is 462 g/mol. The van der Waals surface area contributed by atoms with Crippen molar-refractivity contribution in [2.24, 2.45) is 35.1 Å². The summed E-state index contributed by atoms with van der Waals surface area (Å²) in [7, 11) is 0. The minimum absolute atomic E-state index is 0.193. The molecule has 0 bridgehead atoms. The number of nitrogens with one attached hydrogen (secondary N) is 1. The van der Waals surface area contributed by atoms with Gasteiger partial charge in [0.1, 0.15) is 12.1 Å². The molecule has 0 aromatic heterocycles. The number of carbonyl (C=O) groups is 5. The zero-order valence-electron chi connectivity index (χ0n) is 21.0. The van der Waals surface area contributed by atoms with Crippen molar-refractivity contribution in [3.8, 4) is 0 Å². The lowest BCUT2D eigenvalue weighted by atomic mass is 9.84. The van der Waals surface area contributed by atoms with E-state index >= 15 is 0 Å². The number of hydrogen-bond acceptors (Lipinski definition) is 9. The number of carbonyl (C=O) groups excluding carboxylic acids is 5. The first kappa shape index (κ1) is 32.6. The number of aliphatic hydroxyl groups is 4. The Morgan fingerprint density at radius 1 is 0.857 bits per heavy atom. The van der Waals surface area contributed by atoms with Crippen LogP contribution in [0.5, 0.6) is 0 Å². The highest BCUT2D eigenvalue weighted by Crippen LogP contribution is 2.23. The van der Waals surface area contributed by atoms with E-state index in [1.54, 1.807) is 6.92 Å². The summed E-state index contributed by atoms with van der Waals surface area (Å²) in [6.07, 6.45) is -7.29. The molecule has 35 heavy (non-hydrogen) atoms. The molecule has 0 aliphatic carbocycles. The molecule has 202 valence electrons. The molecule has 12 heteroatoms. The van der Waals surface area contributed by atoms with Gasteiger partial charge in [-0.25, -0.2) is 0 Å². The summed E-state index contributed by atoms with van der Waals surface area (Å²) in [4.78, 5) is 60.1. The third kappa shape index (κ3) is 10.8. The van der Waals surface area contributed by atoms with Crippen LogP contribution in [0.3, 0.4) is 0 Å². The first-order valence-electron chi connectivity index (χ1n) is 11.6. The zero-order chi connectivity index (χ0) is 27.6. The fourth-order valence-electron chi connectivity index (χ4n) is 3.92. The molecule has 0 radical (unpaired) electrons. The van der Waals surface area contributed by atoms with E-state index in [-0.39, 0.29) is 24.7 Å². The number of Topliss-reactive ketones (excluding diaryl/α,β-unsaturated/α-hetero) is 2. The normalized spacial score (nSPS) is 18.5. The molecule has 0 heterocycles. The quantitative estimate of drug-likeness (QED) is 0.118. The molecule has 0 aromatic carbocycles. The van der Waals surface area contributed by atoms with Crippen molar-refractivity contribution in [1.82, 2.24) is 5.32 Å². The van der Waals surface area contributed by atoms with Gasteiger partial charge in [-0.05, 0) is 37.5 Å². The van der Waals surface area contributed by atoms with Gasteiger partial charge >= 0.3 is 0 Å². The molecule has 9 N–H and O–H groups in total. The van der Waals surface area contributed by atoms with Crippen LogP contribution in [0.25, 0.3) is 0 Å². The molecule has 0 aliphatic heterocycles. The van der Waals surface area contributed by atoms with Crippen LogP contribution in [-0.2, 0) is 24.0 Å². The van der Waals surface area contributed by atoms with Crippen molar-refractivity contribution >= 4 is 29.3 Å². The van der Waals surface area contributed by atoms with Gasteiger partial charge in [-0.1, -0.05) is 27.7 Å². The Hall–Kier alpha value is -2.41. The third-order valence-electron chi connectivity index (χ3n) is 6.05. The number of ketones is 2. The average Bonchev–Trinajstić information content (AvgIpc) is 2.76. The van der Waals surface area contributed by atoms with Crippen molar-refractivity contribution in [3.63, 3.8) is 0 Å². The molecule has 12 nitrogen and oxygen atoms in total. The van der Waals surface area contributed by atoms with Gasteiger partial charge in [-0.2, -0.15) is 0 Å². The van der Waals surface area contributed by atoms with Crippen LogP contribution in [-0.4, -0.2) is 80.2 Å². The van der Waals surface area contributed by atoms with Crippen molar-refractivity contribution in [2.45, 2.75) is 90.8 Å². The molecule has 0 saturated carbocycles. The molecule has 0 fully saturated rings. The molecule has 0 spiro atoms. The van der Waals surface area contributed by atoms with Crippen LogP contribution in [0.2, 0.25) is 0 Å². The number of aliphatic hydroxyl groups excluding tert-OH is 4. The molecule has 8 unspecified atom stereocenters. The van der Waals surface area contributed by atoms with E-state index in [4.69, 9.17) is 11.5 Å². The Kier molecular flexibility index (Phi) is 13.8. The van der Waals surface area contributed by atoms with Crippen LogP contribution in [0.15, 0.2) is 0 Å². The molecule has 0 rings (SSSR count). The van der Waals surface area contributed by atoms with Crippen LogP contribution >= 0.6 is 0 Å². The second-order valence-corrected chi connectivity index (χ2v) is 9.70. The highest BCUT2D eigenvalue weighted by Gasteiger charge is 2.38. The highest BCUT2D eigenvalue weighted by molar-refractivity contribution is 5.95. The molecular formula is C23H41N3O9. The Morgan fingerprint density at radius 2 is 1.40 bits per heavy atom. The van der Waals surface area contributed by atoms with E-state index in [2.05, 4.69) is 5.32 Å². The maximum absolute atomic E-state index is 13.0. The highest BCUT2D eigenvalue weighted by atomic mass is 16.3. The number of nitrogens with two attached hydrogens (primary N) is 2. The summed E-state index contributed by atoms with van der Waals surface area (Å²) < 4.78 is 0. The average molecular weight is 504 g/mol. The van der Waals surface area contributed by atoms with Crippen LogP contribution in [0, 0.1) is 23.7 Å². The molecule has 8 atom stereocenters. The lowest BCUT2D eigenvalue weighted by molar-refractivity contribution is -0.141. The van der Waals surface area contributed by atoms with Gasteiger partial charge in [0, 0.05) is 12.8 Å². The van der Waals surface area contributed by atoms with E-state index in [9.17, 15) is 44.4 Å². The van der Waals surface area contributed by atoms with Gasteiger partial charge in [0.15, 0.2) is 17.7 Å². The first-order chi connectivity index (χ1) is 16.0. The van der Waals surface area contributed by atoms with E-state index in [0.29, 0.717) is 6.42 Å². The van der Waals surface area contributed by atoms with E-state index in [0.717, 1.165) is 6.92 Å². The largest absolute Gasteiger partial charge is 0.392 e. The Morgan fingerprint density at radius 3 is 1.83 bits per heavy atom. The summed E-state index contributed by atoms with van der Waals surface area (Å²) >= 11 is 0. The fourth-order valence-corrected chi connectivity index (χ4v) is 3.92. The van der Waals surface area contributed by atoms with Crippen molar-refractivity contribution in [3.05, 3.63) is 0 Å².